The van der Waals surface area contributed by atoms with Gasteiger partial charge in [0, 0.05) is 6.04 Å². The molecule has 8 heteroatoms. The number of carbonyl (C=O) groups is 1. The maximum atomic E-state index is 13.6. The number of para-hydroxylation sites is 1. The molecule has 0 radical (unpaired) electrons. The van der Waals surface area contributed by atoms with E-state index in [1.165, 1.54) is 18.2 Å². The van der Waals surface area contributed by atoms with E-state index in [0.717, 1.165) is 41.6 Å². The molecule has 1 aliphatic carbocycles. The largest absolute Gasteiger partial charge is 0.352 e. The molecule has 1 N–H and O–H groups in total. The minimum absolute atomic E-state index is 0.0117. The van der Waals surface area contributed by atoms with E-state index in [9.17, 15) is 9.59 Å². The molecule has 3 unspecified atom stereocenters. The second-order valence-corrected chi connectivity index (χ2v) is 11.0. The van der Waals surface area contributed by atoms with Crippen LogP contribution in [0, 0.1) is 19.8 Å². The van der Waals surface area contributed by atoms with Gasteiger partial charge in [-0.2, -0.15) is 0 Å². The lowest BCUT2D eigenvalue weighted by Gasteiger charge is -2.30. The molecule has 182 valence electrons. The van der Waals surface area contributed by atoms with Gasteiger partial charge in [0.1, 0.15) is 0 Å². The van der Waals surface area contributed by atoms with Gasteiger partial charge >= 0.3 is 0 Å². The van der Waals surface area contributed by atoms with E-state index in [2.05, 4.69) is 22.4 Å². The van der Waals surface area contributed by atoms with Gasteiger partial charge in [0.05, 0.1) is 21.8 Å². The summed E-state index contributed by atoms with van der Waals surface area (Å²) in [7, 11) is 0. The summed E-state index contributed by atoms with van der Waals surface area (Å²) in [5.74, 6) is 0.950. The number of nitrogens with zero attached hydrogens (tertiary/aromatic N) is 4. The maximum absolute atomic E-state index is 13.6. The zero-order chi connectivity index (χ0) is 24.7. The van der Waals surface area contributed by atoms with E-state index < -0.39 is 0 Å². The number of hydrogen-bond acceptors (Lipinski definition) is 5. The second-order valence-electron chi connectivity index (χ2n) is 9.70. The summed E-state index contributed by atoms with van der Waals surface area (Å²) < 4.78 is 3.53. The van der Waals surface area contributed by atoms with Crippen LogP contribution in [-0.4, -0.2) is 36.4 Å². The first kappa shape index (κ1) is 23.6. The lowest BCUT2D eigenvalue weighted by Crippen LogP contribution is -2.44. The predicted octanol–water partition coefficient (Wildman–Crippen LogP) is 4.83. The number of amides is 1. The van der Waals surface area contributed by atoms with Gasteiger partial charge < -0.3 is 5.32 Å². The van der Waals surface area contributed by atoms with Gasteiger partial charge in [0.2, 0.25) is 11.7 Å². The Kier molecular flexibility index (Phi) is 6.40. The third kappa shape index (κ3) is 4.35. The van der Waals surface area contributed by atoms with Crippen LogP contribution >= 0.6 is 11.8 Å². The minimum Gasteiger partial charge on any atom is -0.352 e. The van der Waals surface area contributed by atoms with Crippen molar-refractivity contribution in [2.45, 2.75) is 69.8 Å². The van der Waals surface area contributed by atoms with E-state index in [1.54, 1.807) is 4.57 Å². The van der Waals surface area contributed by atoms with Gasteiger partial charge in [-0.25, -0.2) is 4.57 Å². The highest BCUT2D eigenvalue weighted by molar-refractivity contribution is 8.00. The first-order chi connectivity index (χ1) is 16.8. The monoisotopic (exact) mass is 489 g/mol. The molecule has 7 nitrogen and oxygen atoms in total. The average molecular weight is 490 g/mol. The van der Waals surface area contributed by atoms with E-state index in [1.807, 2.05) is 67.6 Å². The van der Waals surface area contributed by atoms with Crippen LogP contribution in [0.4, 0.5) is 0 Å². The molecule has 0 spiro atoms. The molecule has 1 aliphatic rings. The molecule has 0 aliphatic heterocycles. The summed E-state index contributed by atoms with van der Waals surface area (Å²) in [5, 5.41) is 13.0. The van der Waals surface area contributed by atoms with Crippen LogP contribution < -0.4 is 10.9 Å². The highest BCUT2D eigenvalue weighted by Crippen LogP contribution is 2.28. The summed E-state index contributed by atoms with van der Waals surface area (Å²) in [6.45, 7) is 8.10. The van der Waals surface area contributed by atoms with Crippen molar-refractivity contribution in [3.05, 3.63) is 63.9 Å². The van der Waals surface area contributed by atoms with E-state index in [4.69, 9.17) is 0 Å². The fourth-order valence-corrected chi connectivity index (χ4v) is 5.84. The van der Waals surface area contributed by atoms with Crippen molar-refractivity contribution < 1.29 is 4.79 Å². The topological polar surface area (TPSA) is 81.3 Å². The average Bonchev–Trinajstić information content (AvgIpc) is 3.26. The van der Waals surface area contributed by atoms with E-state index in [0.29, 0.717) is 22.2 Å². The van der Waals surface area contributed by atoms with Crippen molar-refractivity contribution in [1.29, 1.82) is 0 Å². The number of fused-ring (bicyclic) bond motifs is 3. The molecule has 0 saturated heterocycles. The molecule has 1 amide bonds. The molecule has 5 rings (SSSR count). The van der Waals surface area contributed by atoms with E-state index >= 15 is 0 Å². The number of nitrogens with one attached hydrogen (secondary N) is 1. The van der Waals surface area contributed by atoms with Gasteiger partial charge in [0.15, 0.2) is 5.16 Å². The Morgan fingerprint density at radius 2 is 1.89 bits per heavy atom. The SMILES string of the molecule is Cc1ccc(C)c(-n2c(=O)c3ccccc3n3c(SC(C)C(=O)NC4CCCCC4C)nnc23)c1. The molecule has 2 heterocycles. The van der Waals surface area contributed by atoms with Gasteiger partial charge in [-0.1, -0.05) is 55.8 Å². The number of aromatic nitrogens is 4. The van der Waals surface area contributed by atoms with Crippen molar-refractivity contribution >= 4 is 34.3 Å². The fourth-order valence-electron chi connectivity index (χ4n) is 4.97. The molecule has 2 aromatic heterocycles. The number of benzene rings is 2. The van der Waals surface area contributed by atoms with Crippen LogP contribution in [0.5, 0.6) is 0 Å². The summed E-state index contributed by atoms with van der Waals surface area (Å²) in [6.07, 6.45) is 4.58. The van der Waals surface area contributed by atoms with Crippen molar-refractivity contribution in [2.24, 2.45) is 5.92 Å². The van der Waals surface area contributed by atoms with Crippen LogP contribution in [0.25, 0.3) is 22.4 Å². The smallest absolute Gasteiger partial charge is 0.267 e. The highest BCUT2D eigenvalue weighted by Gasteiger charge is 2.27. The number of thioether (sulfide) groups is 1. The lowest BCUT2D eigenvalue weighted by molar-refractivity contribution is -0.121. The van der Waals surface area contributed by atoms with Gasteiger partial charge in [-0.3, -0.25) is 14.0 Å². The van der Waals surface area contributed by atoms with Gasteiger partial charge in [-0.15, -0.1) is 10.2 Å². The normalized spacial score (nSPS) is 19.2. The number of carbonyl (C=O) groups excluding carboxylic acids is 1. The Morgan fingerprint density at radius 1 is 1.11 bits per heavy atom. The Bertz CT molecular complexity index is 1470. The van der Waals surface area contributed by atoms with Crippen molar-refractivity contribution in [3.8, 4) is 5.69 Å². The molecule has 1 fully saturated rings. The maximum Gasteiger partial charge on any atom is 0.267 e. The fraction of sp³-hybridized carbons (Fsp3) is 0.407. The predicted molar refractivity (Wildman–Crippen MR) is 140 cm³/mol. The zero-order valence-corrected chi connectivity index (χ0v) is 21.4. The third-order valence-corrected chi connectivity index (χ3v) is 8.13. The number of hydrogen-bond donors (Lipinski definition) is 1. The summed E-state index contributed by atoms with van der Waals surface area (Å²) in [4.78, 5) is 26.7. The third-order valence-electron chi connectivity index (χ3n) is 7.09. The molecule has 4 aromatic rings. The molecular formula is C27H31N5O2S. The van der Waals surface area contributed by atoms with Crippen molar-refractivity contribution in [1.82, 2.24) is 24.5 Å². The van der Waals surface area contributed by atoms with Crippen LogP contribution in [0.1, 0.15) is 50.7 Å². The van der Waals surface area contributed by atoms with Gasteiger partial charge in [0.25, 0.3) is 5.56 Å². The van der Waals surface area contributed by atoms with Crippen LogP contribution in [0.15, 0.2) is 52.4 Å². The van der Waals surface area contributed by atoms with Gasteiger partial charge in [-0.05, 0) is 68.9 Å². The van der Waals surface area contributed by atoms with Crippen molar-refractivity contribution in [3.63, 3.8) is 0 Å². The number of aryl methyl sites for hydroxylation is 2. The zero-order valence-electron chi connectivity index (χ0n) is 20.6. The standard InChI is InChI=1S/C27H31N5O2S/c1-16-13-14-18(3)23(15-16)31-25(34)20-10-6-8-12-22(20)32-26(31)29-30-27(32)35-19(4)24(33)28-21-11-7-5-9-17(21)2/h6,8,10,12-15,17,19,21H,5,7,9,11H2,1-4H3,(H,28,33). The summed E-state index contributed by atoms with van der Waals surface area (Å²) >= 11 is 1.37. The lowest BCUT2D eigenvalue weighted by atomic mass is 9.86. The molecule has 1 saturated carbocycles. The second kappa shape index (κ2) is 9.49. The first-order valence-corrected chi connectivity index (χ1v) is 13.2. The van der Waals surface area contributed by atoms with Crippen LogP contribution in [0.3, 0.4) is 0 Å². The quantitative estimate of drug-likeness (QED) is 0.406. The number of rotatable bonds is 5. The highest BCUT2D eigenvalue weighted by atomic mass is 32.2. The Labute approximate surface area is 208 Å². The Balaban J connectivity index is 1.58. The summed E-state index contributed by atoms with van der Waals surface area (Å²) in [6, 6.07) is 13.7. The molecule has 0 bridgehead atoms. The van der Waals surface area contributed by atoms with Crippen molar-refractivity contribution in [2.75, 3.05) is 0 Å². The Morgan fingerprint density at radius 3 is 2.69 bits per heavy atom. The summed E-state index contributed by atoms with van der Waals surface area (Å²) in [5.41, 5.74) is 3.41. The van der Waals surface area contributed by atoms with E-state index in [-0.39, 0.29) is 22.8 Å². The molecule has 3 atom stereocenters. The molecular weight excluding hydrogens is 458 g/mol. The molecule has 35 heavy (non-hydrogen) atoms. The molecule has 2 aromatic carbocycles. The minimum atomic E-state index is -0.351. The Hall–Kier alpha value is -3.13. The van der Waals surface area contributed by atoms with Crippen LogP contribution in [-0.2, 0) is 4.79 Å². The first-order valence-electron chi connectivity index (χ1n) is 12.3. The van der Waals surface area contributed by atoms with Crippen LogP contribution in [0.2, 0.25) is 0 Å².